The Morgan fingerprint density at radius 3 is 2.75 bits per heavy atom. The van der Waals surface area contributed by atoms with Gasteiger partial charge in [0.25, 0.3) is 0 Å². The van der Waals surface area contributed by atoms with Crippen molar-refractivity contribution in [1.29, 1.82) is 0 Å². The minimum atomic E-state index is -0.777. The Hall–Kier alpha value is -1.90. The summed E-state index contributed by atoms with van der Waals surface area (Å²) in [5.74, 6) is -1.05. The summed E-state index contributed by atoms with van der Waals surface area (Å²) in [6.45, 7) is 0.972. The summed E-state index contributed by atoms with van der Waals surface area (Å²) in [6.07, 6.45) is 2.82. The number of fused-ring (bicyclic) bond motifs is 1. The molecule has 1 aliphatic heterocycles. The van der Waals surface area contributed by atoms with Gasteiger partial charge in [0, 0.05) is 12.2 Å². The lowest BCUT2D eigenvalue weighted by atomic mass is 9.86. The van der Waals surface area contributed by atoms with Crippen LogP contribution in [0.2, 0.25) is 0 Å². The number of benzene rings is 2. The number of halogens is 2. The van der Waals surface area contributed by atoms with Gasteiger partial charge in [0.05, 0.1) is 0 Å². The van der Waals surface area contributed by atoms with Crippen molar-refractivity contribution in [2.75, 3.05) is 11.9 Å². The number of aryl methyl sites for hydroxylation is 1. The summed E-state index contributed by atoms with van der Waals surface area (Å²) in [4.78, 5) is 0. The maximum absolute atomic E-state index is 13.2. The molecule has 1 heterocycles. The predicted molar refractivity (Wildman–Crippen MR) is 77.0 cm³/mol. The predicted octanol–water partition coefficient (Wildman–Crippen LogP) is 4.50. The highest BCUT2D eigenvalue weighted by Crippen LogP contribution is 2.34. The third-order valence-electron chi connectivity index (χ3n) is 3.97. The van der Waals surface area contributed by atoms with Crippen LogP contribution in [0.15, 0.2) is 42.5 Å². The first-order valence-corrected chi connectivity index (χ1v) is 7.01. The van der Waals surface area contributed by atoms with E-state index in [1.165, 1.54) is 23.4 Å². The van der Waals surface area contributed by atoms with E-state index in [2.05, 4.69) is 23.5 Å². The van der Waals surface area contributed by atoms with Gasteiger partial charge >= 0.3 is 0 Å². The van der Waals surface area contributed by atoms with Gasteiger partial charge in [0.2, 0.25) is 0 Å². The molecule has 3 heteroatoms. The van der Waals surface area contributed by atoms with Crippen LogP contribution in [-0.4, -0.2) is 6.54 Å². The Bertz CT molecular complexity index is 610. The average molecular weight is 273 g/mol. The average Bonchev–Trinajstić information content (AvgIpc) is 2.48. The zero-order valence-corrected chi connectivity index (χ0v) is 11.2. The lowest BCUT2D eigenvalue weighted by Gasteiger charge is -2.26. The number of rotatable bonds is 3. The third-order valence-corrected chi connectivity index (χ3v) is 3.97. The topological polar surface area (TPSA) is 12.0 Å². The maximum atomic E-state index is 13.2. The minimum Gasteiger partial charge on any atom is -0.385 e. The number of para-hydroxylation sites is 1. The molecule has 0 saturated carbocycles. The van der Waals surface area contributed by atoms with Gasteiger partial charge in [-0.15, -0.1) is 0 Å². The largest absolute Gasteiger partial charge is 0.385 e. The molecule has 0 aromatic heterocycles. The van der Waals surface area contributed by atoms with E-state index in [4.69, 9.17) is 0 Å². The normalized spacial score (nSPS) is 17.4. The van der Waals surface area contributed by atoms with Gasteiger partial charge in [-0.3, -0.25) is 0 Å². The van der Waals surface area contributed by atoms with Crippen molar-refractivity contribution in [2.24, 2.45) is 0 Å². The molecule has 0 saturated heterocycles. The molecule has 1 N–H and O–H groups in total. The van der Waals surface area contributed by atoms with E-state index >= 15 is 0 Å². The van der Waals surface area contributed by atoms with Crippen LogP contribution in [0, 0.1) is 11.6 Å². The first kappa shape index (κ1) is 13.1. The van der Waals surface area contributed by atoms with Crippen molar-refractivity contribution in [2.45, 2.75) is 25.2 Å². The Morgan fingerprint density at radius 2 is 1.90 bits per heavy atom. The molecule has 1 aliphatic rings. The monoisotopic (exact) mass is 273 g/mol. The van der Waals surface area contributed by atoms with Gasteiger partial charge in [-0.1, -0.05) is 24.3 Å². The fourth-order valence-electron chi connectivity index (χ4n) is 2.89. The first-order valence-electron chi connectivity index (χ1n) is 7.01. The standard InChI is InChI=1S/C17H17F2N/c18-15-8-6-12(11-16(15)19)5-7-13-9-10-20-17-4-2-1-3-14(13)17/h1-4,6,8,11,13,20H,5,7,9-10H2. The quantitative estimate of drug-likeness (QED) is 0.868. The van der Waals surface area contributed by atoms with Crippen LogP contribution < -0.4 is 5.32 Å². The van der Waals surface area contributed by atoms with Crippen molar-refractivity contribution >= 4 is 5.69 Å². The highest BCUT2D eigenvalue weighted by Gasteiger charge is 2.19. The van der Waals surface area contributed by atoms with Gasteiger partial charge in [0.1, 0.15) is 0 Å². The molecule has 0 radical (unpaired) electrons. The van der Waals surface area contributed by atoms with E-state index in [-0.39, 0.29) is 0 Å². The van der Waals surface area contributed by atoms with Crippen molar-refractivity contribution in [3.8, 4) is 0 Å². The third kappa shape index (κ3) is 2.67. The molecule has 1 unspecified atom stereocenters. The zero-order valence-electron chi connectivity index (χ0n) is 11.2. The van der Waals surface area contributed by atoms with Gasteiger partial charge in [-0.2, -0.15) is 0 Å². The van der Waals surface area contributed by atoms with E-state index in [1.54, 1.807) is 6.07 Å². The zero-order chi connectivity index (χ0) is 13.9. The van der Waals surface area contributed by atoms with Crippen LogP contribution >= 0.6 is 0 Å². The summed E-state index contributed by atoms with van der Waals surface area (Å²) in [6, 6.07) is 12.5. The van der Waals surface area contributed by atoms with Gasteiger partial charge < -0.3 is 5.32 Å². The molecule has 1 atom stereocenters. The first-order chi connectivity index (χ1) is 9.74. The van der Waals surface area contributed by atoms with Crippen LogP contribution in [0.4, 0.5) is 14.5 Å². The highest BCUT2D eigenvalue weighted by atomic mass is 19.2. The molecule has 104 valence electrons. The second-order valence-electron chi connectivity index (χ2n) is 5.29. The van der Waals surface area contributed by atoms with Crippen molar-refractivity contribution in [1.82, 2.24) is 0 Å². The molecule has 0 spiro atoms. The van der Waals surface area contributed by atoms with E-state index in [0.29, 0.717) is 5.92 Å². The number of hydrogen-bond donors (Lipinski definition) is 1. The molecule has 0 amide bonds. The van der Waals surface area contributed by atoms with E-state index in [9.17, 15) is 8.78 Å². The van der Waals surface area contributed by atoms with E-state index in [0.717, 1.165) is 31.4 Å². The lowest BCUT2D eigenvalue weighted by molar-refractivity contribution is 0.505. The molecular formula is C17H17F2N. The smallest absolute Gasteiger partial charge is 0.159 e. The van der Waals surface area contributed by atoms with Gasteiger partial charge in [-0.25, -0.2) is 8.78 Å². The summed E-state index contributed by atoms with van der Waals surface area (Å²) >= 11 is 0. The maximum Gasteiger partial charge on any atom is 0.159 e. The molecule has 0 aliphatic carbocycles. The Labute approximate surface area is 117 Å². The number of anilines is 1. The Balaban J connectivity index is 1.71. The van der Waals surface area contributed by atoms with Crippen molar-refractivity contribution < 1.29 is 8.78 Å². The summed E-state index contributed by atoms with van der Waals surface area (Å²) in [7, 11) is 0. The molecule has 0 bridgehead atoms. The second-order valence-corrected chi connectivity index (χ2v) is 5.29. The Morgan fingerprint density at radius 1 is 1.05 bits per heavy atom. The summed E-state index contributed by atoms with van der Waals surface area (Å²) in [5.41, 5.74) is 3.40. The van der Waals surface area contributed by atoms with Crippen LogP contribution in [0.25, 0.3) is 0 Å². The number of nitrogens with one attached hydrogen (secondary N) is 1. The lowest BCUT2D eigenvalue weighted by Crippen LogP contribution is -2.17. The second kappa shape index (κ2) is 5.61. The van der Waals surface area contributed by atoms with Crippen LogP contribution in [0.5, 0.6) is 0 Å². The highest BCUT2D eigenvalue weighted by molar-refractivity contribution is 5.54. The molecule has 3 rings (SSSR count). The molecule has 2 aromatic rings. The van der Waals surface area contributed by atoms with Gasteiger partial charge in [0.15, 0.2) is 11.6 Å². The number of hydrogen-bond acceptors (Lipinski definition) is 1. The molecule has 1 nitrogen and oxygen atoms in total. The molecule has 0 fully saturated rings. The SMILES string of the molecule is Fc1ccc(CCC2CCNc3ccccc32)cc1F. The molecule has 20 heavy (non-hydrogen) atoms. The summed E-state index contributed by atoms with van der Waals surface area (Å²) < 4.78 is 26.1. The molecule has 2 aromatic carbocycles. The fraction of sp³-hybridized carbons (Fsp3) is 0.294. The van der Waals surface area contributed by atoms with Crippen molar-refractivity contribution in [3.63, 3.8) is 0 Å². The minimum absolute atomic E-state index is 0.487. The van der Waals surface area contributed by atoms with E-state index in [1.807, 2.05) is 6.07 Å². The van der Waals surface area contributed by atoms with Gasteiger partial charge in [-0.05, 0) is 54.5 Å². The van der Waals surface area contributed by atoms with E-state index < -0.39 is 11.6 Å². The van der Waals surface area contributed by atoms with Crippen LogP contribution in [-0.2, 0) is 6.42 Å². The van der Waals surface area contributed by atoms with Crippen LogP contribution in [0.1, 0.15) is 29.9 Å². The van der Waals surface area contributed by atoms with Crippen molar-refractivity contribution in [3.05, 3.63) is 65.2 Å². The molecular weight excluding hydrogens is 256 g/mol. The Kier molecular flexibility index (Phi) is 3.68. The fourth-order valence-corrected chi connectivity index (χ4v) is 2.89. The summed E-state index contributed by atoms with van der Waals surface area (Å²) in [5, 5.41) is 3.40. The van der Waals surface area contributed by atoms with Crippen LogP contribution in [0.3, 0.4) is 0 Å².